The fourth-order valence-corrected chi connectivity index (χ4v) is 3.63. The van der Waals surface area contributed by atoms with Gasteiger partial charge < -0.3 is 14.4 Å². The van der Waals surface area contributed by atoms with Gasteiger partial charge in [0.05, 0.1) is 11.6 Å². The van der Waals surface area contributed by atoms with Crippen molar-refractivity contribution in [3.63, 3.8) is 0 Å². The molecule has 1 aromatic heterocycles. The molecule has 1 unspecified atom stereocenters. The third-order valence-electron chi connectivity index (χ3n) is 4.73. The average Bonchev–Trinajstić information content (AvgIpc) is 2.99. The van der Waals surface area contributed by atoms with Crippen molar-refractivity contribution in [2.75, 3.05) is 26.3 Å². The minimum Gasteiger partial charge on any atom is -0.486 e. The summed E-state index contributed by atoms with van der Waals surface area (Å²) in [6, 6.07) is 5.65. The number of carbonyl (C=O) groups excluding carboxylic acids is 1. The number of fused-ring (bicyclic) bond motifs is 1. The summed E-state index contributed by atoms with van der Waals surface area (Å²) in [7, 11) is 0. The molecule has 7 nitrogen and oxygen atoms in total. The highest BCUT2D eigenvalue weighted by molar-refractivity contribution is 5.98. The molecule has 25 heavy (non-hydrogen) atoms. The molecule has 2 aromatic rings. The number of nitrogens with zero attached hydrogens (tertiary/aromatic N) is 4. The van der Waals surface area contributed by atoms with E-state index in [0.717, 1.165) is 31.0 Å². The van der Waals surface area contributed by atoms with Crippen molar-refractivity contribution in [1.29, 1.82) is 0 Å². The van der Waals surface area contributed by atoms with Gasteiger partial charge in [-0.15, -0.1) is 0 Å². The average molecular weight is 342 g/mol. The Hall–Kier alpha value is -2.57. The summed E-state index contributed by atoms with van der Waals surface area (Å²) in [5.41, 5.74) is 0.573. The topological polar surface area (TPSA) is 69.5 Å². The Labute approximate surface area is 146 Å². The molecule has 0 bridgehead atoms. The Bertz CT molecular complexity index is 802. The van der Waals surface area contributed by atoms with Gasteiger partial charge in [-0.25, -0.2) is 9.67 Å². The van der Waals surface area contributed by atoms with Gasteiger partial charge in [-0.1, -0.05) is 6.07 Å². The van der Waals surface area contributed by atoms with Crippen molar-refractivity contribution in [2.24, 2.45) is 0 Å². The molecule has 2 aliphatic heterocycles. The second kappa shape index (κ2) is 6.38. The fourth-order valence-electron chi connectivity index (χ4n) is 3.63. The zero-order valence-electron chi connectivity index (χ0n) is 14.6. The SMILES string of the molecule is Cc1nc(C)n(C2CCCN(C(=O)c3cccc4c3OCCO4)C2)n1. The molecule has 2 aliphatic rings. The molecule has 0 spiro atoms. The van der Waals surface area contributed by atoms with Crippen LogP contribution in [0.5, 0.6) is 11.5 Å². The van der Waals surface area contributed by atoms with Crippen molar-refractivity contribution in [2.45, 2.75) is 32.7 Å². The Morgan fingerprint density at radius 2 is 2.08 bits per heavy atom. The van der Waals surface area contributed by atoms with Gasteiger partial charge in [-0.3, -0.25) is 4.79 Å². The van der Waals surface area contributed by atoms with Gasteiger partial charge in [-0.05, 0) is 38.8 Å². The first-order chi connectivity index (χ1) is 12.1. The molecule has 132 valence electrons. The Morgan fingerprint density at radius 3 is 2.88 bits per heavy atom. The highest BCUT2D eigenvalue weighted by Gasteiger charge is 2.30. The Kier molecular flexibility index (Phi) is 4.07. The Balaban J connectivity index is 1.57. The molecule has 0 radical (unpaired) electrons. The second-order valence-corrected chi connectivity index (χ2v) is 6.53. The number of piperidine rings is 1. The monoisotopic (exact) mass is 342 g/mol. The van der Waals surface area contributed by atoms with Crippen LogP contribution in [0.15, 0.2) is 18.2 Å². The lowest BCUT2D eigenvalue weighted by Crippen LogP contribution is -2.41. The molecule has 1 fully saturated rings. The van der Waals surface area contributed by atoms with Crippen molar-refractivity contribution in [3.05, 3.63) is 35.4 Å². The molecule has 7 heteroatoms. The van der Waals surface area contributed by atoms with Crippen molar-refractivity contribution in [3.8, 4) is 11.5 Å². The lowest BCUT2D eigenvalue weighted by Gasteiger charge is -2.33. The third kappa shape index (κ3) is 2.94. The first-order valence-corrected chi connectivity index (χ1v) is 8.71. The predicted octanol–water partition coefficient (Wildman–Crippen LogP) is 2.14. The summed E-state index contributed by atoms with van der Waals surface area (Å²) in [6.45, 7) is 6.21. The zero-order valence-corrected chi connectivity index (χ0v) is 14.6. The van der Waals surface area contributed by atoms with Gasteiger partial charge in [0.2, 0.25) is 0 Å². The van der Waals surface area contributed by atoms with E-state index in [1.165, 1.54) is 0 Å². The quantitative estimate of drug-likeness (QED) is 0.836. The lowest BCUT2D eigenvalue weighted by molar-refractivity contribution is 0.0661. The number of ether oxygens (including phenoxy) is 2. The minimum absolute atomic E-state index is 0.0125. The number of amides is 1. The summed E-state index contributed by atoms with van der Waals surface area (Å²) in [5.74, 6) is 2.86. The van der Waals surface area contributed by atoms with Gasteiger partial charge >= 0.3 is 0 Å². The summed E-state index contributed by atoms with van der Waals surface area (Å²) >= 11 is 0. The van der Waals surface area contributed by atoms with Gasteiger partial charge in [0.1, 0.15) is 24.9 Å². The van der Waals surface area contributed by atoms with E-state index in [4.69, 9.17) is 9.47 Å². The van der Waals surface area contributed by atoms with Gasteiger partial charge in [-0.2, -0.15) is 5.10 Å². The maximum absolute atomic E-state index is 13.1. The lowest BCUT2D eigenvalue weighted by atomic mass is 10.0. The molecule has 3 heterocycles. The van der Waals surface area contributed by atoms with E-state index in [-0.39, 0.29) is 11.9 Å². The first-order valence-electron chi connectivity index (χ1n) is 8.71. The van der Waals surface area contributed by atoms with E-state index in [0.29, 0.717) is 36.8 Å². The van der Waals surface area contributed by atoms with E-state index < -0.39 is 0 Å². The van der Waals surface area contributed by atoms with E-state index in [1.807, 2.05) is 41.6 Å². The van der Waals surface area contributed by atoms with Crippen LogP contribution in [0.25, 0.3) is 0 Å². The first kappa shape index (κ1) is 15.9. The van der Waals surface area contributed by atoms with Crippen molar-refractivity contribution < 1.29 is 14.3 Å². The second-order valence-electron chi connectivity index (χ2n) is 6.53. The van der Waals surface area contributed by atoms with Gasteiger partial charge in [0.15, 0.2) is 11.5 Å². The zero-order chi connectivity index (χ0) is 17.4. The molecule has 1 atom stereocenters. The molecular weight excluding hydrogens is 320 g/mol. The van der Waals surface area contributed by atoms with E-state index in [1.54, 1.807) is 0 Å². The van der Waals surface area contributed by atoms with Crippen LogP contribution in [0, 0.1) is 13.8 Å². The number of carbonyl (C=O) groups is 1. The molecule has 1 amide bonds. The predicted molar refractivity (Wildman–Crippen MR) is 91.1 cm³/mol. The van der Waals surface area contributed by atoms with Crippen LogP contribution in [0.3, 0.4) is 0 Å². The van der Waals surface area contributed by atoms with E-state index >= 15 is 0 Å². The molecule has 0 saturated carbocycles. The smallest absolute Gasteiger partial charge is 0.257 e. The fraction of sp³-hybridized carbons (Fsp3) is 0.500. The summed E-state index contributed by atoms with van der Waals surface area (Å²) in [4.78, 5) is 19.4. The maximum Gasteiger partial charge on any atom is 0.257 e. The molecule has 0 aliphatic carbocycles. The van der Waals surface area contributed by atoms with Gasteiger partial charge in [0.25, 0.3) is 5.91 Å². The van der Waals surface area contributed by atoms with Crippen LogP contribution < -0.4 is 9.47 Å². The number of aryl methyl sites for hydroxylation is 2. The minimum atomic E-state index is -0.0125. The molecular formula is C18H22N4O3. The number of aromatic nitrogens is 3. The third-order valence-corrected chi connectivity index (χ3v) is 4.73. The normalized spacial score (nSPS) is 19.8. The molecule has 4 rings (SSSR count). The highest BCUT2D eigenvalue weighted by Crippen LogP contribution is 2.35. The van der Waals surface area contributed by atoms with Crippen LogP contribution in [-0.4, -0.2) is 51.9 Å². The number of hydrogen-bond donors (Lipinski definition) is 0. The number of rotatable bonds is 2. The van der Waals surface area contributed by atoms with Gasteiger partial charge in [0, 0.05) is 13.1 Å². The molecule has 1 aromatic carbocycles. The van der Waals surface area contributed by atoms with E-state index in [2.05, 4.69) is 10.1 Å². The number of likely N-dealkylation sites (tertiary alicyclic amines) is 1. The van der Waals surface area contributed by atoms with Crippen LogP contribution in [-0.2, 0) is 0 Å². The number of hydrogen-bond acceptors (Lipinski definition) is 5. The summed E-state index contributed by atoms with van der Waals surface area (Å²) in [5, 5.41) is 4.49. The Morgan fingerprint density at radius 1 is 1.24 bits per heavy atom. The molecule has 1 saturated heterocycles. The number of para-hydroxylation sites is 1. The highest BCUT2D eigenvalue weighted by atomic mass is 16.6. The van der Waals surface area contributed by atoms with Crippen LogP contribution in [0.1, 0.15) is 40.9 Å². The largest absolute Gasteiger partial charge is 0.486 e. The van der Waals surface area contributed by atoms with E-state index in [9.17, 15) is 4.79 Å². The van der Waals surface area contributed by atoms with Crippen LogP contribution >= 0.6 is 0 Å². The van der Waals surface area contributed by atoms with Crippen molar-refractivity contribution >= 4 is 5.91 Å². The number of benzene rings is 1. The van der Waals surface area contributed by atoms with Crippen LogP contribution in [0.4, 0.5) is 0 Å². The van der Waals surface area contributed by atoms with Crippen LogP contribution in [0.2, 0.25) is 0 Å². The molecule has 0 N–H and O–H groups in total. The maximum atomic E-state index is 13.1. The standard InChI is InChI=1S/C18H22N4O3/c1-12-19-13(2)22(20-12)14-5-4-8-21(11-14)18(23)15-6-3-7-16-17(15)25-10-9-24-16/h3,6-7,14H,4-5,8-11H2,1-2H3. The van der Waals surface area contributed by atoms with Crippen molar-refractivity contribution in [1.82, 2.24) is 19.7 Å². The summed E-state index contributed by atoms with van der Waals surface area (Å²) in [6.07, 6.45) is 1.95. The summed E-state index contributed by atoms with van der Waals surface area (Å²) < 4.78 is 13.2.